The Morgan fingerprint density at radius 2 is 1.81 bits per heavy atom. The molecule has 3 heterocycles. The van der Waals surface area contributed by atoms with Crippen LogP contribution in [0.25, 0.3) is 11.3 Å². The number of allylic oxidation sites excluding steroid dienone is 5. The van der Waals surface area contributed by atoms with Crippen LogP contribution in [0.1, 0.15) is 72.8 Å². The molecule has 234 valence electrons. The molecule has 1 aliphatic carbocycles. The molecule has 3 unspecified atom stereocenters. The van der Waals surface area contributed by atoms with Crippen molar-refractivity contribution >= 4 is 0 Å². The first-order chi connectivity index (χ1) is 20.9. The predicted octanol–water partition coefficient (Wildman–Crippen LogP) is 6.45. The van der Waals surface area contributed by atoms with Gasteiger partial charge in [-0.15, -0.1) is 0 Å². The average Bonchev–Trinajstić information content (AvgIpc) is 3.78. The molecule has 1 saturated carbocycles. The van der Waals surface area contributed by atoms with Crippen LogP contribution in [-0.4, -0.2) is 63.0 Å². The Kier molecular flexibility index (Phi) is 11.9. The van der Waals surface area contributed by atoms with E-state index in [0.717, 1.165) is 56.8 Å². The highest BCUT2D eigenvalue weighted by Crippen LogP contribution is 2.36. The molecule has 7 nitrogen and oxygen atoms in total. The molecule has 5 rings (SSSR count). The number of aliphatic hydroxyl groups is 1. The van der Waals surface area contributed by atoms with Crippen molar-refractivity contribution in [2.75, 3.05) is 26.3 Å². The molecule has 43 heavy (non-hydrogen) atoms. The summed E-state index contributed by atoms with van der Waals surface area (Å²) in [5, 5.41) is 15.2. The summed E-state index contributed by atoms with van der Waals surface area (Å²) in [5.74, 6) is 0.859. The second-order valence-electron chi connectivity index (χ2n) is 12.1. The molecular formula is C36H53N5O2. The van der Waals surface area contributed by atoms with Crippen molar-refractivity contribution in [3.05, 3.63) is 94.7 Å². The van der Waals surface area contributed by atoms with E-state index >= 15 is 0 Å². The molecule has 1 aromatic carbocycles. The molecule has 3 N–H and O–H groups in total. The van der Waals surface area contributed by atoms with Gasteiger partial charge in [-0.25, -0.2) is 4.79 Å². The number of benzene rings is 1. The molecular weight excluding hydrogens is 534 g/mol. The maximum Gasteiger partial charge on any atom is 0.326 e. The number of hydrogen-bond acceptors (Lipinski definition) is 5. The summed E-state index contributed by atoms with van der Waals surface area (Å²) in [4.78, 5) is 20.4. The molecule has 1 aromatic heterocycles. The van der Waals surface area contributed by atoms with Gasteiger partial charge in [-0.2, -0.15) is 0 Å². The van der Waals surface area contributed by atoms with Crippen LogP contribution in [-0.2, 0) is 0 Å². The Morgan fingerprint density at radius 3 is 2.44 bits per heavy atom. The number of imidazole rings is 1. The molecule has 0 radical (unpaired) electrons. The van der Waals surface area contributed by atoms with Crippen LogP contribution < -0.4 is 11.0 Å². The van der Waals surface area contributed by atoms with E-state index in [1.807, 2.05) is 61.0 Å². The lowest BCUT2D eigenvalue weighted by Gasteiger charge is -2.43. The Morgan fingerprint density at radius 1 is 1.12 bits per heavy atom. The lowest BCUT2D eigenvalue weighted by molar-refractivity contribution is -0.0239. The minimum absolute atomic E-state index is 0.0351. The summed E-state index contributed by atoms with van der Waals surface area (Å²) >= 11 is 0. The van der Waals surface area contributed by atoms with Crippen molar-refractivity contribution in [2.24, 2.45) is 11.8 Å². The lowest BCUT2D eigenvalue weighted by Crippen LogP contribution is -2.57. The van der Waals surface area contributed by atoms with Crippen LogP contribution in [0.4, 0.5) is 0 Å². The molecule has 0 spiro atoms. The van der Waals surface area contributed by atoms with E-state index in [1.54, 1.807) is 0 Å². The van der Waals surface area contributed by atoms with Gasteiger partial charge in [0.25, 0.3) is 0 Å². The van der Waals surface area contributed by atoms with Crippen LogP contribution in [0.2, 0.25) is 0 Å². The van der Waals surface area contributed by atoms with Crippen LogP contribution in [0.5, 0.6) is 0 Å². The van der Waals surface area contributed by atoms with Crippen molar-refractivity contribution in [3.8, 4) is 11.3 Å². The van der Waals surface area contributed by atoms with E-state index in [9.17, 15) is 9.90 Å². The van der Waals surface area contributed by atoms with E-state index in [0.29, 0.717) is 5.92 Å². The van der Waals surface area contributed by atoms with Crippen molar-refractivity contribution < 1.29 is 5.11 Å². The van der Waals surface area contributed by atoms with E-state index in [2.05, 4.69) is 65.8 Å². The number of nitrogens with one attached hydrogen (secondary N) is 2. The summed E-state index contributed by atoms with van der Waals surface area (Å²) < 4.78 is 1.88. The van der Waals surface area contributed by atoms with Crippen LogP contribution in [0.15, 0.2) is 89.0 Å². The molecule has 2 aromatic rings. The molecule has 3 aliphatic rings. The second kappa shape index (κ2) is 15.6. The van der Waals surface area contributed by atoms with Crippen LogP contribution in [0, 0.1) is 11.8 Å². The van der Waals surface area contributed by atoms with E-state index in [1.165, 1.54) is 29.6 Å². The third-order valence-corrected chi connectivity index (χ3v) is 9.16. The minimum Gasteiger partial charge on any atom is -0.372 e. The lowest BCUT2D eigenvalue weighted by atomic mass is 9.84. The number of aromatic amines is 1. The standard InChI is InChI=1S/C34H47N5O2.C2H6/c1-5-26(6-2)13-12-24(3)30-21-38(20-27-14-15-27)33(40)32(25(30)4)35-23-37-18-16-29(17-19-37)39-22-31(36-34(39)41)28-10-8-7-9-11-28;1-2/h5,7-13,21-22,25,27,29,32-33,35,40H,1,6,14-20,23H2,2-4H3,(H,36,41);1-2H3/b24-12+,26-13+;. The normalized spacial score (nSPS) is 23.9. The number of aromatic nitrogens is 2. The average molecular weight is 588 g/mol. The van der Waals surface area contributed by atoms with Gasteiger partial charge in [0.2, 0.25) is 0 Å². The van der Waals surface area contributed by atoms with E-state index < -0.39 is 6.23 Å². The number of hydrogen-bond donors (Lipinski definition) is 3. The Balaban J connectivity index is 0.00000207. The van der Waals surface area contributed by atoms with Crippen molar-refractivity contribution in [1.29, 1.82) is 0 Å². The van der Waals surface area contributed by atoms with Gasteiger partial charge in [-0.3, -0.25) is 14.8 Å². The molecule has 2 fully saturated rings. The third-order valence-electron chi connectivity index (χ3n) is 9.16. The number of likely N-dealkylation sites (tertiary alicyclic amines) is 1. The summed E-state index contributed by atoms with van der Waals surface area (Å²) in [6, 6.07) is 10.1. The number of piperidine rings is 1. The Bertz CT molecular complexity index is 1320. The van der Waals surface area contributed by atoms with Crippen molar-refractivity contribution in [1.82, 2.24) is 24.7 Å². The first-order valence-corrected chi connectivity index (χ1v) is 16.4. The molecule has 7 heteroatoms. The minimum atomic E-state index is -0.551. The monoisotopic (exact) mass is 587 g/mol. The molecule has 0 bridgehead atoms. The van der Waals surface area contributed by atoms with Crippen LogP contribution in [0.3, 0.4) is 0 Å². The number of rotatable bonds is 11. The Labute approximate surface area is 258 Å². The van der Waals surface area contributed by atoms with E-state index in [4.69, 9.17) is 0 Å². The fourth-order valence-electron chi connectivity index (χ4n) is 6.23. The molecule has 2 aliphatic heterocycles. The van der Waals surface area contributed by atoms with Gasteiger partial charge in [0.15, 0.2) is 0 Å². The quantitative estimate of drug-likeness (QED) is 0.263. The van der Waals surface area contributed by atoms with Gasteiger partial charge in [0.1, 0.15) is 6.23 Å². The highest BCUT2D eigenvalue weighted by Gasteiger charge is 2.38. The van der Waals surface area contributed by atoms with Gasteiger partial charge in [0, 0.05) is 50.7 Å². The second-order valence-corrected chi connectivity index (χ2v) is 12.1. The maximum atomic E-state index is 12.7. The SMILES string of the molecule is C=C/C(=C\C=C(/C)C1=CN(CC2CC2)C(O)C(NCN2CCC(n3cc(-c4ccccc4)[nH]c3=O)CC2)C1C)CC.CC. The zero-order valence-electron chi connectivity index (χ0n) is 26.9. The Hall–Kier alpha value is -3.13. The summed E-state index contributed by atoms with van der Waals surface area (Å²) in [6.07, 6.45) is 15.2. The first-order valence-electron chi connectivity index (χ1n) is 16.4. The fraction of sp³-hybridized carbons (Fsp3) is 0.528. The van der Waals surface area contributed by atoms with E-state index in [-0.39, 0.29) is 23.7 Å². The highest BCUT2D eigenvalue weighted by atomic mass is 16.3. The van der Waals surface area contributed by atoms with Gasteiger partial charge in [-0.05, 0) is 67.2 Å². The summed E-state index contributed by atoms with van der Waals surface area (Å²) in [5.41, 5.74) is 5.60. The van der Waals surface area contributed by atoms with Crippen molar-refractivity contribution in [2.45, 2.75) is 85.0 Å². The molecule has 1 saturated heterocycles. The topological polar surface area (TPSA) is 76.5 Å². The van der Waals surface area contributed by atoms with Crippen LogP contribution >= 0.6 is 0 Å². The van der Waals surface area contributed by atoms with Gasteiger partial charge in [0.05, 0.1) is 11.7 Å². The summed E-state index contributed by atoms with van der Waals surface area (Å²) in [6.45, 7) is 17.9. The maximum absolute atomic E-state index is 12.7. The number of aliphatic hydroxyl groups excluding tert-OH is 1. The zero-order valence-corrected chi connectivity index (χ0v) is 26.9. The molecule has 0 amide bonds. The molecule has 3 atom stereocenters. The van der Waals surface area contributed by atoms with Gasteiger partial charge < -0.3 is 15.0 Å². The highest BCUT2D eigenvalue weighted by molar-refractivity contribution is 5.57. The third kappa shape index (κ3) is 8.28. The largest absolute Gasteiger partial charge is 0.372 e. The fourth-order valence-corrected chi connectivity index (χ4v) is 6.23. The van der Waals surface area contributed by atoms with Gasteiger partial charge in [-0.1, -0.05) is 82.8 Å². The smallest absolute Gasteiger partial charge is 0.326 e. The summed E-state index contributed by atoms with van der Waals surface area (Å²) in [7, 11) is 0. The number of nitrogens with zero attached hydrogens (tertiary/aromatic N) is 3. The first kappa shape index (κ1) is 32.8. The zero-order chi connectivity index (χ0) is 30.9. The van der Waals surface area contributed by atoms with Gasteiger partial charge >= 0.3 is 5.69 Å². The number of H-pyrrole nitrogens is 1. The van der Waals surface area contributed by atoms with Crippen molar-refractivity contribution in [3.63, 3.8) is 0 Å². The predicted molar refractivity (Wildman–Crippen MR) is 178 cm³/mol.